The van der Waals surface area contributed by atoms with E-state index < -0.39 is 0 Å². The summed E-state index contributed by atoms with van der Waals surface area (Å²) in [5.74, 6) is -0.283. The van der Waals surface area contributed by atoms with Gasteiger partial charge in [-0.15, -0.1) is 0 Å². The third-order valence-electron chi connectivity index (χ3n) is 1.85. The molecule has 0 aliphatic carbocycles. The van der Waals surface area contributed by atoms with Crippen LogP contribution in [0.5, 0.6) is 0 Å². The van der Waals surface area contributed by atoms with Crippen LogP contribution in [-0.2, 0) is 9.53 Å². The lowest BCUT2D eigenvalue weighted by atomic mass is 10.1. The van der Waals surface area contributed by atoms with Crippen molar-refractivity contribution in [1.29, 1.82) is 0 Å². The summed E-state index contributed by atoms with van der Waals surface area (Å²) in [4.78, 5) is 11.1. The second-order valence-electron chi connectivity index (χ2n) is 2.95. The lowest BCUT2D eigenvalue weighted by Gasteiger charge is -2.00. The number of hydrogen-bond acceptors (Lipinski definition) is 2. The van der Waals surface area contributed by atoms with Gasteiger partial charge in [0.15, 0.2) is 0 Å². The summed E-state index contributed by atoms with van der Waals surface area (Å²) in [6.07, 6.45) is 1.51. The molecule has 2 heteroatoms. The minimum Gasteiger partial charge on any atom is -0.463 e. The van der Waals surface area contributed by atoms with Crippen molar-refractivity contribution >= 4 is 11.5 Å². The zero-order valence-corrected chi connectivity index (χ0v) is 8.49. The number of ether oxygens (including phenoxy) is 1. The van der Waals surface area contributed by atoms with Crippen LogP contribution in [0.1, 0.15) is 19.4 Å². The first-order chi connectivity index (χ1) is 6.74. The molecule has 0 N–H and O–H groups in total. The van der Waals surface area contributed by atoms with E-state index in [9.17, 15) is 4.79 Å². The van der Waals surface area contributed by atoms with Gasteiger partial charge < -0.3 is 4.74 Å². The average Bonchev–Trinajstić information content (AvgIpc) is 2.19. The van der Waals surface area contributed by atoms with Crippen LogP contribution in [0.3, 0.4) is 0 Å². The van der Waals surface area contributed by atoms with Crippen molar-refractivity contribution in [2.45, 2.75) is 13.8 Å². The molecular formula is C12H14O2. The summed E-state index contributed by atoms with van der Waals surface area (Å²) in [7, 11) is 0. The third kappa shape index (κ3) is 3.05. The van der Waals surface area contributed by atoms with Gasteiger partial charge in [-0.05, 0) is 25.0 Å². The van der Waals surface area contributed by atoms with Crippen molar-refractivity contribution in [3.8, 4) is 0 Å². The molecule has 1 rings (SSSR count). The molecule has 1 aromatic carbocycles. The highest BCUT2D eigenvalue weighted by atomic mass is 16.5. The first kappa shape index (κ1) is 10.5. The van der Waals surface area contributed by atoms with Gasteiger partial charge in [0.2, 0.25) is 0 Å². The van der Waals surface area contributed by atoms with E-state index in [1.54, 1.807) is 6.92 Å². The molecule has 0 aliphatic rings. The van der Waals surface area contributed by atoms with Gasteiger partial charge in [-0.3, -0.25) is 0 Å². The number of hydrogen-bond donors (Lipinski definition) is 0. The van der Waals surface area contributed by atoms with E-state index in [1.165, 1.54) is 6.08 Å². The quantitative estimate of drug-likeness (QED) is 0.541. The minimum absolute atomic E-state index is 0.283. The van der Waals surface area contributed by atoms with Crippen molar-refractivity contribution in [1.82, 2.24) is 0 Å². The van der Waals surface area contributed by atoms with Gasteiger partial charge in [0, 0.05) is 6.08 Å². The zero-order chi connectivity index (χ0) is 10.4. The monoisotopic (exact) mass is 190 g/mol. The van der Waals surface area contributed by atoms with Crippen LogP contribution in [0.2, 0.25) is 0 Å². The Morgan fingerprint density at radius 1 is 1.36 bits per heavy atom. The van der Waals surface area contributed by atoms with E-state index in [0.29, 0.717) is 6.61 Å². The van der Waals surface area contributed by atoms with Crippen molar-refractivity contribution < 1.29 is 9.53 Å². The molecule has 0 radical (unpaired) electrons. The Morgan fingerprint density at radius 3 is 2.57 bits per heavy atom. The lowest BCUT2D eigenvalue weighted by molar-refractivity contribution is -0.137. The van der Waals surface area contributed by atoms with Crippen molar-refractivity contribution in [3.05, 3.63) is 42.0 Å². The number of esters is 1. The fourth-order valence-electron chi connectivity index (χ4n) is 1.15. The van der Waals surface area contributed by atoms with Gasteiger partial charge in [-0.25, -0.2) is 4.79 Å². The Kier molecular flexibility index (Phi) is 3.92. The predicted octanol–water partition coefficient (Wildman–Crippen LogP) is 2.65. The molecule has 0 aliphatic heterocycles. The molecule has 0 spiro atoms. The third-order valence-corrected chi connectivity index (χ3v) is 1.85. The fourth-order valence-corrected chi connectivity index (χ4v) is 1.15. The molecule has 0 saturated carbocycles. The van der Waals surface area contributed by atoms with Gasteiger partial charge in [0.05, 0.1) is 6.61 Å². The van der Waals surface area contributed by atoms with E-state index in [0.717, 1.165) is 11.1 Å². The molecule has 2 nitrogen and oxygen atoms in total. The van der Waals surface area contributed by atoms with E-state index >= 15 is 0 Å². The summed E-state index contributed by atoms with van der Waals surface area (Å²) in [6, 6.07) is 9.76. The Morgan fingerprint density at radius 2 is 2.00 bits per heavy atom. The minimum atomic E-state index is -0.283. The summed E-state index contributed by atoms with van der Waals surface area (Å²) in [5.41, 5.74) is 1.96. The van der Waals surface area contributed by atoms with Crippen LogP contribution < -0.4 is 0 Å². The fraction of sp³-hybridized carbons (Fsp3) is 0.250. The molecule has 0 fully saturated rings. The van der Waals surface area contributed by atoms with Gasteiger partial charge >= 0.3 is 5.97 Å². The van der Waals surface area contributed by atoms with E-state index in [1.807, 2.05) is 37.3 Å². The van der Waals surface area contributed by atoms with Gasteiger partial charge in [0.25, 0.3) is 0 Å². The van der Waals surface area contributed by atoms with Crippen LogP contribution in [0, 0.1) is 0 Å². The molecule has 74 valence electrons. The molecule has 0 heterocycles. The average molecular weight is 190 g/mol. The van der Waals surface area contributed by atoms with Crippen LogP contribution in [0.4, 0.5) is 0 Å². The molecule has 0 unspecified atom stereocenters. The standard InChI is InChI=1S/C12H14O2/c1-3-14-12(13)9-10(2)11-7-5-4-6-8-11/h4-9H,3H2,1-2H3. The van der Waals surface area contributed by atoms with Crippen molar-refractivity contribution in [2.24, 2.45) is 0 Å². The number of carbonyl (C=O) groups is 1. The summed E-state index contributed by atoms with van der Waals surface area (Å²) in [5, 5.41) is 0. The largest absolute Gasteiger partial charge is 0.463 e. The van der Waals surface area contributed by atoms with Gasteiger partial charge in [-0.1, -0.05) is 30.3 Å². The first-order valence-electron chi connectivity index (χ1n) is 4.64. The molecule has 0 atom stereocenters. The summed E-state index contributed by atoms with van der Waals surface area (Å²) in [6.45, 7) is 4.10. The SMILES string of the molecule is CCOC(=O)C=C(C)c1ccccc1. The highest BCUT2D eigenvalue weighted by molar-refractivity contribution is 5.90. The highest BCUT2D eigenvalue weighted by Gasteiger charge is 1.99. The Bertz CT molecular complexity index is 325. The summed E-state index contributed by atoms with van der Waals surface area (Å²) >= 11 is 0. The van der Waals surface area contributed by atoms with E-state index in [2.05, 4.69) is 0 Å². The Hall–Kier alpha value is -1.57. The highest BCUT2D eigenvalue weighted by Crippen LogP contribution is 2.12. The zero-order valence-electron chi connectivity index (χ0n) is 8.49. The summed E-state index contributed by atoms with van der Waals surface area (Å²) < 4.78 is 4.82. The topological polar surface area (TPSA) is 26.3 Å². The Labute approximate surface area is 84.2 Å². The van der Waals surface area contributed by atoms with Crippen molar-refractivity contribution in [3.63, 3.8) is 0 Å². The predicted molar refractivity (Wildman–Crippen MR) is 56.7 cm³/mol. The van der Waals surface area contributed by atoms with Crippen molar-refractivity contribution in [2.75, 3.05) is 6.61 Å². The molecule has 0 bridgehead atoms. The van der Waals surface area contributed by atoms with Crippen LogP contribution in [-0.4, -0.2) is 12.6 Å². The maximum Gasteiger partial charge on any atom is 0.331 e. The molecule has 14 heavy (non-hydrogen) atoms. The first-order valence-corrected chi connectivity index (χ1v) is 4.64. The normalized spacial score (nSPS) is 11.1. The number of carbonyl (C=O) groups excluding carboxylic acids is 1. The number of allylic oxidation sites excluding steroid dienone is 1. The van der Waals surface area contributed by atoms with Gasteiger partial charge in [-0.2, -0.15) is 0 Å². The molecule has 0 aromatic heterocycles. The smallest absolute Gasteiger partial charge is 0.331 e. The second kappa shape index (κ2) is 5.22. The maximum atomic E-state index is 11.1. The maximum absolute atomic E-state index is 11.1. The van der Waals surface area contributed by atoms with Crippen LogP contribution in [0.15, 0.2) is 36.4 Å². The van der Waals surface area contributed by atoms with E-state index in [4.69, 9.17) is 4.74 Å². The number of rotatable bonds is 3. The molecule has 0 amide bonds. The Balaban J connectivity index is 2.75. The number of benzene rings is 1. The second-order valence-corrected chi connectivity index (χ2v) is 2.95. The van der Waals surface area contributed by atoms with Gasteiger partial charge in [0.1, 0.15) is 0 Å². The molecule has 1 aromatic rings. The van der Waals surface area contributed by atoms with Crippen LogP contribution in [0.25, 0.3) is 5.57 Å². The molecular weight excluding hydrogens is 176 g/mol. The van der Waals surface area contributed by atoms with E-state index in [-0.39, 0.29) is 5.97 Å². The molecule has 0 saturated heterocycles. The van der Waals surface area contributed by atoms with Crippen LogP contribution >= 0.6 is 0 Å². The lowest BCUT2D eigenvalue weighted by Crippen LogP contribution is -2.00.